The Labute approximate surface area is 100.0 Å². The molecule has 2 saturated heterocycles. The molecule has 2 aliphatic heterocycles. The summed E-state index contributed by atoms with van der Waals surface area (Å²) in [6.45, 7) is 7.88. The van der Waals surface area contributed by atoms with Crippen molar-refractivity contribution in [3.63, 3.8) is 0 Å². The molecule has 2 heteroatoms. The molecular weight excluding hydrogens is 196 g/mol. The van der Waals surface area contributed by atoms with Gasteiger partial charge in [-0.2, -0.15) is 0 Å². The smallest absolute Gasteiger partial charge is 0.0223 e. The zero-order chi connectivity index (χ0) is 11.0. The van der Waals surface area contributed by atoms with Crippen LogP contribution in [0, 0.1) is 5.92 Å². The van der Waals surface area contributed by atoms with E-state index < -0.39 is 0 Å². The maximum absolute atomic E-state index is 2.82. The molecule has 0 aromatic heterocycles. The monoisotopic (exact) mass is 222 g/mol. The van der Waals surface area contributed by atoms with Crippen LogP contribution in [0.3, 0.4) is 0 Å². The number of nitrogens with zero attached hydrogens (tertiary/aromatic N) is 2. The van der Waals surface area contributed by atoms with E-state index in [1.165, 1.54) is 64.7 Å². The molecule has 1 atom stereocenters. The number of rotatable bonds is 1. The van der Waals surface area contributed by atoms with E-state index in [-0.39, 0.29) is 0 Å². The number of piperidine rings is 1. The second kappa shape index (κ2) is 4.66. The quantitative estimate of drug-likeness (QED) is 0.672. The summed E-state index contributed by atoms with van der Waals surface area (Å²) >= 11 is 0. The van der Waals surface area contributed by atoms with Crippen molar-refractivity contribution >= 4 is 0 Å². The molecule has 2 nitrogen and oxygen atoms in total. The SMILES string of the molecule is CC1CC(N2CCCN3CCCCC3C2)C1. The van der Waals surface area contributed by atoms with Gasteiger partial charge in [-0.05, 0) is 57.7 Å². The summed E-state index contributed by atoms with van der Waals surface area (Å²) in [5, 5.41) is 0. The van der Waals surface area contributed by atoms with Crippen LogP contribution in [0.25, 0.3) is 0 Å². The third kappa shape index (κ3) is 2.14. The summed E-state index contributed by atoms with van der Waals surface area (Å²) in [5.74, 6) is 0.996. The van der Waals surface area contributed by atoms with E-state index in [0.717, 1.165) is 18.0 Å². The van der Waals surface area contributed by atoms with Gasteiger partial charge in [-0.15, -0.1) is 0 Å². The Balaban J connectivity index is 1.60. The lowest BCUT2D eigenvalue weighted by atomic mass is 9.80. The molecule has 0 amide bonds. The highest BCUT2D eigenvalue weighted by Gasteiger charge is 2.34. The fourth-order valence-electron chi connectivity index (χ4n) is 3.89. The van der Waals surface area contributed by atoms with Crippen molar-refractivity contribution in [2.45, 2.75) is 57.5 Å². The Kier molecular flexibility index (Phi) is 3.21. The fourth-order valence-corrected chi connectivity index (χ4v) is 3.89. The van der Waals surface area contributed by atoms with Crippen LogP contribution in [0.1, 0.15) is 45.4 Å². The third-order valence-corrected chi connectivity index (χ3v) is 4.95. The van der Waals surface area contributed by atoms with Crippen LogP contribution < -0.4 is 0 Å². The molecule has 1 saturated carbocycles. The summed E-state index contributed by atoms with van der Waals surface area (Å²) in [4.78, 5) is 5.58. The van der Waals surface area contributed by atoms with Crippen LogP contribution in [-0.4, -0.2) is 48.1 Å². The first-order valence-electron chi connectivity index (χ1n) is 7.31. The highest BCUT2D eigenvalue weighted by Crippen LogP contribution is 2.33. The Morgan fingerprint density at radius 3 is 2.38 bits per heavy atom. The Bertz CT molecular complexity index is 235. The van der Waals surface area contributed by atoms with Gasteiger partial charge in [0.2, 0.25) is 0 Å². The van der Waals surface area contributed by atoms with Gasteiger partial charge >= 0.3 is 0 Å². The summed E-state index contributed by atoms with van der Waals surface area (Å²) < 4.78 is 0. The van der Waals surface area contributed by atoms with Crippen LogP contribution in [0.4, 0.5) is 0 Å². The minimum absolute atomic E-state index is 0.896. The number of hydrogen-bond acceptors (Lipinski definition) is 2. The molecule has 3 fully saturated rings. The molecule has 0 aromatic rings. The van der Waals surface area contributed by atoms with Crippen LogP contribution in [0.5, 0.6) is 0 Å². The maximum atomic E-state index is 2.82. The predicted octanol–water partition coefficient (Wildman–Crippen LogP) is 2.35. The first-order chi connectivity index (χ1) is 7.83. The van der Waals surface area contributed by atoms with Crippen LogP contribution in [0.2, 0.25) is 0 Å². The van der Waals surface area contributed by atoms with Crippen LogP contribution in [-0.2, 0) is 0 Å². The molecule has 3 aliphatic rings. The van der Waals surface area contributed by atoms with E-state index in [1.54, 1.807) is 0 Å². The van der Waals surface area contributed by atoms with Gasteiger partial charge in [0.1, 0.15) is 0 Å². The van der Waals surface area contributed by atoms with Crippen LogP contribution in [0.15, 0.2) is 0 Å². The van der Waals surface area contributed by atoms with Gasteiger partial charge < -0.3 is 0 Å². The molecule has 2 heterocycles. The van der Waals surface area contributed by atoms with Crippen molar-refractivity contribution in [2.24, 2.45) is 5.92 Å². The molecule has 16 heavy (non-hydrogen) atoms. The van der Waals surface area contributed by atoms with E-state index in [4.69, 9.17) is 0 Å². The van der Waals surface area contributed by atoms with Gasteiger partial charge in [0.25, 0.3) is 0 Å². The molecule has 0 spiro atoms. The lowest BCUT2D eigenvalue weighted by Crippen LogP contribution is -2.49. The molecular formula is C14H26N2. The molecule has 1 aliphatic carbocycles. The molecule has 0 radical (unpaired) electrons. The minimum atomic E-state index is 0.896. The summed E-state index contributed by atoms with van der Waals surface area (Å²) in [5.41, 5.74) is 0. The van der Waals surface area contributed by atoms with Crippen LogP contribution >= 0.6 is 0 Å². The van der Waals surface area contributed by atoms with Gasteiger partial charge in [0.05, 0.1) is 0 Å². The fraction of sp³-hybridized carbons (Fsp3) is 1.00. The molecule has 0 N–H and O–H groups in total. The second-order valence-electron chi connectivity index (χ2n) is 6.26. The summed E-state index contributed by atoms with van der Waals surface area (Å²) in [7, 11) is 0. The van der Waals surface area contributed by atoms with Crippen molar-refractivity contribution in [3.8, 4) is 0 Å². The zero-order valence-corrected chi connectivity index (χ0v) is 10.7. The zero-order valence-electron chi connectivity index (χ0n) is 10.7. The molecule has 3 rings (SSSR count). The summed E-state index contributed by atoms with van der Waals surface area (Å²) in [6.07, 6.45) is 8.70. The number of hydrogen-bond donors (Lipinski definition) is 0. The molecule has 0 bridgehead atoms. The van der Waals surface area contributed by atoms with Crippen molar-refractivity contribution in [1.29, 1.82) is 0 Å². The Hall–Kier alpha value is -0.0800. The maximum Gasteiger partial charge on any atom is 0.0223 e. The van der Waals surface area contributed by atoms with E-state index in [9.17, 15) is 0 Å². The van der Waals surface area contributed by atoms with Crippen molar-refractivity contribution in [2.75, 3.05) is 26.2 Å². The summed E-state index contributed by atoms with van der Waals surface area (Å²) in [6, 6.07) is 1.84. The topological polar surface area (TPSA) is 6.48 Å². The predicted molar refractivity (Wildman–Crippen MR) is 67.6 cm³/mol. The molecule has 1 unspecified atom stereocenters. The molecule has 0 aromatic carbocycles. The van der Waals surface area contributed by atoms with Crippen molar-refractivity contribution in [3.05, 3.63) is 0 Å². The van der Waals surface area contributed by atoms with E-state index in [0.29, 0.717) is 0 Å². The van der Waals surface area contributed by atoms with E-state index in [1.807, 2.05) is 0 Å². The lowest BCUT2D eigenvalue weighted by Gasteiger charge is -2.43. The molecule has 92 valence electrons. The van der Waals surface area contributed by atoms with Gasteiger partial charge in [-0.3, -0.25) is 9.80 Å². The standard InChI is InChI=1S/C14H26N2/c1-12-9-14(10-12)16-8-4-7-15-6-3-2-5-13(15)11-16/h12-14H,2-11H2,1H3. The Morgan fingerprint density at radius 1 is 0.812 bits per heavy atom. The normalized spacial score (nSPS) is 42.2. The highest BCUT2D eigenvalue weighted by atomic mass is 15.3. The largest absolute Gasteiger partial charge is 0.299 e. The number of fused-ring (bicyclic) bond motifs is 1. The van der Waals surface area contributed by atoms with Gasteiger partial charge in [0.15, 0.2) is 0 Å². The highest BCUT2D eigenvalue weighted by molar-refractivity contribution is 4.90. The van der Waals surface area contributed by atoms with Gasteiger partial charge in [-0.25, -0.2) is 0 Å². The third-order valence-electron chi connectivity index (χ3n) is 4.95. The van der Waals surface area contributed by atoms with E-state index in [2.05, 4.69) is 16.7 Å². The van der Waals surface area contributed by atoms with E-state index >= 15 is 0 Å². The average molecular weight is 222 g/mol. The van der Waals surface area contributed by atoms with Crippen molar-refractivity contribution in [1.82, 2.24) is 9.80 Å². The van der Waals surface area contributed by atoms with Gasteiger partial charge in [-0.1, -0.05) is 13.3 Å². The lowest BCUT2D eigenvalue weighted by molar-refractivity contribution is 0.0649. The van der Waals surface area contributed by atoms with Gasteiger partial charge in [0, 0.05) is 18.6 Å². The second-order valence-corrected chi connectivity index (χ2v) is 6.26. The average Bonchev–Trinajstić information content (AvgIpc) is 2.46. The minimum Gasteiger partial charge on any atom is -0.299 e. The van der Waals surface area contributed by atoms with Crippen molar-refractivity contribution < 1.29 is 0 Å². The Morgan fingerprint density at radius 2 is 1.56 bits per heavy atom. The first-order valence-corrected chi connectivity index (χ1v) is 7.31. The first kappa shape index (κ1) is 11.0.